The summed E-state index contributed by atoms with van der Waals surface area (Å²) in [5.41, 5.74) is 1.66. The van der Waals surface area contributed by atoms with Gasteiger partial charge in [0.25, 0.3) is 0 Å². The zero-order valence-corrected chi connectivity index (χ0v) is 12.4. The van der Waals surface area contributed by atoms with Crippen LogP contribution in [-0.2, 0) is 0 Å². The number of nitrogens with one attached hydrogen (secondary N) is 1. The predicted octanol–water partition coefficient (Wildman–Crippen LogP) is 3.32. The molecule has 0 radical (unpaired) electrons. The minimum absolute atomic E-state index is 0.202. The van der Waals surface area contributed by atoms with E-state index in [0.29, 0.717) is 12.0 Å². The Bertz CT molecular complexity index is 376. The van der Waals surface area contributed by atoms with Gasteiger partial charge in [-0.05, 0) is 36.2 Å². The Morgan fingerprint density at radius 3 is 2.42 bits per heavy atom. The number of aliphatic hydroxyl groups is 1. The van der Waals surface area contributed by atoms with Crippen LogP contribution in [-0.4, -0.2) is 23.8 Å². The highest BCUT2D eigenvalue weighted by molar-refractivity contribution is 5.22. The van der Waals surface area contributed by atoms with E-state index in [1.807, 2.05) is 0 Å². The van der Waals surface area contributed by atoms with E-state index in [2.05, 4.69) is 56.4 Å². The maximum absolute atomic E-state index is 9.97. The second kappa shape index (κ2) is 6.06. The van der Waals surface area contributed by atoms with Crippen LogP contribution < -0.4 is 5.32 Å². The molecule has 1 aromatic carbocycles. The van der Waals surface area contributed by atoms with Gasteiger partial charge in [0.1, 0.15) is 0 Å². The first kappa shape index (κ1) is 14.5. The van der Waals surface area contributed by atoms with Crippen LogP contribution in [0, 0.1) is 5.41 Å². The zero-order chi connectivity index (χ0) is 13.9. The molecule has 0 aromatic heterocycles. The zero-order valence-electron chi connectivity index (χ0n) is 12.4. The summed E-state index contributed by atoms with van der Waals surface area (Å²) in [4.78, 5) is 0. The Morgan fingerprint density at radius 1 is 1.21 bits per heavy atom. The molecule has 2 N–H and O–H groups in total. The number of benzene rings is 1. The summed E-state index contributed by atoms with van der Waals surface area (Å²) in [5.74, 6) is 0.707. The average Bonchev–Trinajstić information content (AvgIpc) is 2.26. The molecule has 1 atom stereocenters. The monoisotopic (exact) mass is 261 g/mol. The van der Waals surface area contributed by atoms with Crippen molar-refractivity contribution < 1.29 is 5.11 Å². The molecule has 1 aliphatic rings. The maximum atomic E-state index is 9.97. The van der Waals surface area contributed by atoms with Gasteiger partial charge in [0.2, 0.25) is 0 Å². The standard InChI is InChI=1S/C17H27NO/c1-17(2,3)11-16(19)12-18-15-9-14(10-15)13-7-5-4-6-8-13/h4-8,14-16,18-19H,9-12H2,1-3H3. The summed E-state index contributed by atoms with van der Waals surface area (Å²) < 4.78 is 0. The Kier molecular flexibility index (Phi) is 4.64. The van der Waals surface area contributed by atoms with Crippen LogP contribution in [0.2, 0.25) is 0 Å². The summed E-state index contributed by atoms with van der Waals surface area (Å²) in [7, 11) is 0. The molecule has 2 rings (SSSR count). The molecule has 106 valence electrons. The maximum Gasteiger partial charge on any atom is 0.0669 e. The normalized spacial score (nSPS) is 24.8. The average molecular weight is 261 g/mol. The summed E-state index contributed by atoms with van der Waals surface area (Å²) >= 11 is 0. The highest BCUT2D eigenvalue weighted by Gasteiger charge is 2.30. The molecule has 0 bridgehead atoms. The first-order valence-electron chi connectivity index (χ1n) is 7.40. The highest BCUT2D eigenvalue weighted by atomic mass is 16.3. The molecular weight excluding hydrogens is 234 g/mol. The molecule has 1 unspecified atom stereocenters. The van der Waals surface area contributed by atoms with Gasteiger partial charge in [-0.1, -0.05) is 51.1 Å². The second-order valence-electron chi connectivity index (χ2n) is 7.10. The van der Waals surface area contributed by atoms with Crippen LogP contribution in [0.25, 0.3) is 0 Å². The van der Waals surface area contributed by atoms with E-state index in [1.165, 1.54) is 18.4 Å². The predicted molar refractivity (Wildman–Crippen MR) is 80.3 cm³/mol. The molecule has 2 heteroatoms. The Balaban J connectivity index is 1.66. The number of hydrogen-bond donors (Lipinski definition) is 2. The lowest BCUT2D eigenvalue weighted by Gasteiger charge is -2.37. The Morgan fingerprint density at radius 2 is 1.84 bits per heavy atom. The SMILES string of the molecule is CC(C)(C)CC(O)CNC1CC(c2ccccc2)C1. The van der Waals surface area contributed by atoms with Crippen molar-refractivity contribution in [3.05, 3.63) is 35.9 Å². The number of aliphatic hydroxyl groups excluding tert-OH is 1. The van der Waals surface area contributed by atoms with Gasteiger partial charge >= 0.3 is 0 Å². The lowest BCUT2D eigenvalue weighted by molar-refractivity contribution is 0.110. The first-order valence-corrected chi connectivity index (χ1v) is 7.40. The van der Waals surface area contributed by atoms with Gasteiger partial charge in [-0.15, -0.1) is 0 Å². The van der Waals surface area contributed by atoms with Crippen LogP contribution in [0.5, 0.6) is 0 Å². The first-order chi connectivity index (χ1) is 8.94. The van der Waals surface area contributed by atoms with Gasteiger partial charge < -0.3 is 10.4 Å². The molecule has 1 aliphatic carbocycles. The van der Waals surface area contributed by atoms with E-state index in [1.54, 1.807) is 0 Å². The van der Waals surface area contributed by atoms with Crippen molar-refractivity contribution in [2.75, 3.05) is 6.54 Å². The molecule has 0 heterocycles. The summed E-state index contributed by atoms with van der Waals surface area (Å²) in [6.07, 6.45) is 3.03. The fourth-order valence-corrected chi connectivity index (χ4v) is 2.86. The number of rotatable bonds is 5. The molecule has 1 fully saturated rings. The van der Waals surface area contributed by atoms with Crippen molar-refractivity contribution >= 4 is 0 Å². The van der Waals surface area contributed by atoms with Crippen molar-refractivity contribution in [3.63, 3.8) is 0 Å². The Labute approximate surface area is 117 Å². The molecule has 19 heavy (non-hydrogen) atoms. The van der Waals surface area contributed by atoms with E-state index < -0.39 is 0 Å². The third-order valence-corrected chi connectivity index (χ3v) is 3.90. The van der Waals surface area contributed by atoms with Gasteiger partial charge in [0, 0.05) is 12.6 Å². The van der Waals surface area contributed by atoms with Gasteiger partial charge in [-0.3, -0.25) is 0 Å². The molecule has 1 aromatic rings. The van der Waals surface area contributed by atoms with Gasteiger partial charge in [-0.2, -0.15) is 0 Å². The summed E-state index contributed by atoms with van der Waals surface area (Å²) in [5, 5.41) is 13.5. The van der Waals surface area contributed by atoms with Crippen LogP contribution in [0.3, 0.4) is 0 Å². The van der Waals surface area contributed by atoms with Crippen LogP contribution in [0.4, 0.5) is 0 Å². The fourth-order valence-electron chi connectivity index (χ4n) is 2.86. The minimum atomic E-state index is -0.226. The largest absolute Gasteiger partial charge is 0.392 e. The molecule has 0 spiro atoms. The lowest BCUT2D eigenvalue weighted by atomic mass is 9.76. The van der Waals surface area contributed by atoms with E-state index in [-0.39, 0.29) is 11.5 Å². The van der Waals surface area contributed by atoms with Crippen molar-refractivity contribution in [1.82, 2.24) is 5.32 Å². The summed E-state index contributed by atoms with van der Waals surface area (Å²) in [6.45, 7) is 7.24. The van der Waals surface area contributed by atoms with E-state index in [4.69, 9.17) is 0 Å². The van der Waals surface area contributed by atoms with Crippen molar-refractivity contribution in [2.45, 2.75) is 58.1 Å². The molecular formula is C17H27NO. The van der Waals surface area contributed by atoms with Crippen molar-refractivity contribution in [3.8, 4) is 0 Å². The molecule has 0 aliphatic heterocycles. The van der Waals surface area contributed by atoms with Crippen molar-refractivity contribution in [1.29, 1.82) is 0 Å². The lowest BCUT2D eigenvalue weighted by Crippen LogP contribution is -2.43. The van der Waals surface area contributed by atoms with E-state index >= 15 is 0 Å². The topological polar surface area (TPSA) is 32.3 Å². The molecule has 1 saturated carbocycles. The third kappa shape index (κ3) is 4.63. The summed E-state index contributed by atoms with van der Waals surface area (Å²) in [6, 6.07) is 11.3. The van der Waals surface area contributed by atoms with Crippen LogP contribution in [0.15, 0.2) is 30.3 Å². The quantitative estimate of drug-likeness (QED) is 0.852. The third-order valence-electron chi connectivity index (χ3n) is 3.90. The van der Waals surface area contributed by atoms with Crippen molar-refractivity contribution in [2.24, 2.45) is 5.41 Å². The fraction of sp³-hybridized carbons (Fsp3) is 0.647. The van der Waals surface area contributed by atoms with E-state index in [9.17, 15) is 5.11 Å². The molecule has 0 saturated heterocycles. The van der Waals surface area contributed by atoms with E-state index in [0.717, 1.165) is 13.0 Å². The van der Waals surface area contributed by atoms with Gasteiger partial charge in [0.05, 0.1) is 6.10 Å². The minimum Gasteiger partial charge on any atom is -0.392 e. The van der Waals surface area contributed by atoms with Crippen LogP contribution in [0.1, 0.15) is 51.5 Å². The number of hydrogen-bond acceptors (Lipinski definition) is 2. The smallest absolute Gasteiger partial charge is 0.0669 e. The Hall–Kier alpha value is -0.860. The molecule has 0 amide bonds. The highest BCUT2D eigenvalue weighted by Crippen LogP contribution is 2.36. The molecule has 2 nitrogen and oxygen atoms in total. The van der Waals surface area contributed by atoms with Gasteiger partial charge in [-0.25, -0.2) is 0 Å². The van der Waals surface area contributed by atoms with Crippen LogP contribution >= 0.6 is 0 Å². The van der Waals surface area contributed by atoms with Gasteiger partial charge in [0.15, 0.2) is 0 Å². The second-order valence-corrected chi connectivity index (χ2v) is 7.10.